The Morgan fingerprint density at radius 2 is 1.70 bits per heavy atom. The molecular formula is C23H38BNO4Si. The lowest BCUT2D eigenvalue weighted by Crippen LogP contribution is -2.44. The van der Waals surface area contributed by atoms with Crippen LogP contribution in [0.25, 0.3) is 0 Å². The van der Waals surface area contributed by atoms with Gasteiger partial charge in [0.05, 0.1) is 30.3 Å². The van der Waals surface area contributed by atoms with Crippen LogP contribution in [0, 0.1) is 6.92 Å². The molecule has 1 atom stereocenters. The van der Waals surface area contributed by atoms with E-state index in [1.54, 1.807) is 0 Å². The van der Waals surface area contributed by atoms with E-state index in [1.165, 1.54) is 0 Å². The number of aryl methyl sites for hydroxylation is 1. The fraction of sp³-hybridized carbons (Fsp3) is 0.696. The zero-order chi connectivity index (χ0) is 22.7. The fourth-order valence-electron chi connectivity index (χ4n) is 3.66. The van der Waals surface area contributed by atoms with Crippen molar-refractivity contribution in [3.8, 4) is 0 Å². The summed E-state index contributed by atoms with van der Waals surface area (Å²) in [5.41, 5.74) is 2.24. The molecule has 30 heavy (non-hydrogen) atoms. The number of rotatable bonds is 4. The van der Waals surface area contributed by atoms with Gasteiger partial charge in [-0.2, -0.15) is 0 Å². The molecule has 2 aliphatic rings. The van der Waals surface area contributed by atoms with Crippen molar-refractivity contribution in [2.75, 3.05) is 11.4 Å². The maximum absolute atomic E-state index is 12.8. The van der Waals surface area contributed by atoms with Gasteiger partial charge in [-0.15, -0.1) is 0 Å². The van der Waals surface area contributed by atoms with Crippen LogP contribution in [0.15, 0.2) is 18.2 Å². The summed E-state index contributed by atoms with van der Waals surface area (Å²) in [6.45, 7) is 22.1. The maximum Gasteiger partial charge on any atom is 0.495 e. The Balaban J connectivity index is 1.75. The van der Waals surface area contributed by atoms with Crippen LogP contribution < -0.4 is 10.4 Å². The highest BCUT2D eigenvalue weighted by Gasteiger charge is 2.52. The topological polar surface area (TPSA) is 48.0 Å². The average molecular weight is 431 g/mol. The van der Waals surface area contributed by atoms with Crippen LogP contribution in [0.3, 0.4) is 0 Å². The first kappa shape index (κ1) is 23.5. The Kier molecular flexibility index (Phi) is 5.85. The third-order valence-corrected chi connectivity index (χ3v) is 12.0. The lowest BCUT2D eigenvalue weighted by molar-refractivity contribution is -0.117. The molecule has 3 rings (SSSR count). The Hall–Kier alpha value is -1.15. The third kappa shape index (κ3) is 4.27. The fourth-order valence-corrected chi connectivity index (χ4v) is 5.00. The number of amides is 1. The Morgan fingerprint density at radius 3 is 2.20 bits per heavy atom. The summed E-state index contributed by atoms with van der Waals surface area (Å²) in [7, 11) is -2.30. The normalized spacial score (nSPS) is 24.1. The molecule has 0 spiro atoms. The lowest BCUT2D eigenvalue weighted by atomic mass is 9.76. The molecule has 0 N–H and O–H groups in total. The molecule has 2 fully saturated rings. The number of nitrogens with zero attached hydrogens (tertiary/aromatic N) is 1. The summed E-state index contributed by atoms with van der Waals surface area (Å²) in [5, 5.41) is 0.130. The molecular weight excluding hydrogens is 393 g/mol. The first-order valence-electron chi connectivity index (χ1n) is 11.0. The van der Waals surface area contributed by atoms with E-state index in [-0.39, 0.29) is 28.3 Å². The molecule has 1 aromatic carbocycles. The second-order valence-corrected chi connectivity index (χ2v) is 16.1. The number of anilines is 1. The van der Waals surface area contributed by atoms with Crippen LogP contribution in [0.2, 0.25) is 18.1 Å². The first-order valence-corrected chi connectivity index (χ1v) is 13.9. The molecule has 2 heterocycles. The highest BCUT2D eigenvalue weighted by molar-refractivity contribution is 6.74. The van der Waals surface area contributed by atoms with Crippen LogP contribution >= 0.6 is 0 Å². The van der Waals surface area contributed by atoms with Gasteiger partial charge >= 0.3 is 7.12 Å². The SMILES string of the molecule is Cc1cc(N2C[C@H](O[Si](C)(C)C(C)(C)C)CC2=O)ccc1B1OC(C)(C)C(C)(C)O1. The van der Waals surface area contributed by atoms with Crippen LogP contribution in [-0.2, 0) is 18.5 Å². The first-order chi connectivity index (χ1) is 13.5. The van der Waals surface area contributed by atoms with Crippen molar-refractivity contribution >= 4 is 32.5 Å². The molecule has 0 bridgehead atoms. The van der Waals surface area contributed by atoms with E-state index in [0.29, 0.717) is 13.0 Å². The van der Waals surface area contributed by atoms with Gasteiger partial charge in [-0.3, -0.25) is 4.79 Å². The standard InChI is InChI=1S/C23H38BNO4Si/c1-16-13-17(11-12-19(16)24-28-22(5,6)23(7,8)29-24)25-15-18(14-20(25)26)27-30(9,10)21(2,3)4/h11-13,18H,14-15H2,1-10H3/t18-/m1/s1. The molecule has 7 heteroatoms. The largest absolute Gasteiger partial charge is 0.495 e. The minimum Gasteiger partial charge on any atom is -0.412 e. The molecule has 0 unspecified atom stereocenters. The van der Waals surface area contributed by atoms with E-state index in [4.69, 9.17) is 13.7 Å². The minimum absolute atomic E-state index is 0.0403. The highest BCUT2D eigenvalue weighted by atomic mass is 28.4. The van der Waals surface area contributed by atoms with E-state index in [2.05, 4.69) is 67.6 Å². The van der Waals surface area contributed by atoms with Crippen molar-refractivity contribution in [1.82, 2.24) is 0 Å². The van der Waals surface area contributed by atoms with E-state index in [1.807, 2.05) is 24.0 Å². The Morgan fingerprint density at radius 1 is 1.13 bits per heavy atom. The van der Waals surface area contributed by atoms with Gasteiger partial charge in [-0.25, -0.2) is 0 Å². The minimum atomic E-state index is -1.91. The molecule has 0 saturated carbocycles. The van der Waals surface area contributed by atoms with Crippen molar-refractivity contribution in [3.63, 3.8) is 0 Å². The smallest absolute Gasteiger partial charge is 0.412 e. The van der Waals surface area contributed by atoms with Crippen molar-refractivity contribution in [3.05, 3.63) is 23.8 Å². The number of hydrogen-bond donors (Lipinski definition) is 0. The molecule has 166 valence electrons. The monoisotopic (exact) mass is 431 g/mol. The van der Waals surface area contributed by atoms with Gasteiger partial charge in [0.2, 0.25) is 5.91 Å². The number of hydrogen-bond acceptors (Lipinski definition) is 4. The average Bonchev–Trinajstić information content (AvgIpc) is 3.01. The molecule has 0 aromatic heterocycles. The molecule has 5 nitrogen and oxygen atoms in total. The number of benzene rings is 1. The highest BCUT2D eigenvalue weighted by Crippen LogP contribution is 2.39. The number of carbonyl (C=O) groups is 1. The van der Waals surface area contributed by atoms with Gasteiger partial charge in [0.25, 0.3) is 0 Å². The quantitative estimate of drug-likeness (QED) is 0.663. The zero-order valence-electron chi connectivity index (χ0n) is 20.4. The summed E-state index contributed by atoms with van der Waals surface area (Å²) in [6.07, 6.45) is 0.409. The van der Waals surface area contributed by atoms with Crippen LogP contribution in [0.4, 0.5) is 5.69 Å². The van der Waals surface area contributed by atoms with Gasteiger partial charge in [0, 0.05) is 5.69 Å². The predicted molar refractivity (Wildman–Crippen MR) is 126 cm³/mol. The van der Waals surface area contributed by atoms with Crippen LogP contribution in [-0.4, -0.2) is 45.2 Å². The van der Waals surface area contributed by atoms with Gasteiger partial charge in [-0.05, 0) is 75.9 Å². The molecule has 0 radical (unpaired) electrons. The summed E-state index contributed by atoms with van der Waals surface area (Å²) >= 11 is 0. The Bertz CT molecular complexity index is 815. The van der Waals surface area contributed by atoms with Gasteiger partial charge in [-0.1, -0.05) is 26.8 Å². The van der Waals surface area contributed by atoms with Gasteiger partial charge in [0.1, 0.15) is 0 Å². The second kappa shape index (κ2) is 7.47. The third-order valence-electron chi connectivity index (χ3n) is 7.43. The molecule has 2 aliphatic heterocycles. The molecule has 1 amide bonds. The van der Waals surface area contributed by atoms with Crippen molar-refractivity contribution in [2.45, 2.75) is 97.2 Å². The van der Waals surface area contributed by atoms with Gasteiger partial charge in [0.15, 0.2) is 8.32 Å². The van der Waals surface area contributed by atoms with E-state index in [0.717, 1.165) is 16.7 Å². The molecule has 0 aliphatic carbocycles. The summed E-state index contributed by atoms with van der Waals surface area (Å²) in [6, 6.07) is 6.09. The lowest BCUT2D eigenvalue weighted by Gasteiger charge is -2.38. The summed E-state index contributed by atoms with van der Waals surface area (Å²) in [4.78, 5) is 14.6. The Labute approximate surface area is 183 Å². The summed E-state index contributed by atoms with van der Waals surface area (Å²) in [5.74, 6) is 0.126. The van der Waals surface area contributed by atoms with E-state index < -0.39 is 15.4 Å². The molecule has 1 aromatic rings. The van der Waals surface area contributed by atoms with Crippen LogP contribution in [0.1, 0.15) is 60.5 Å². The van der Waals surface area contributed by atoms with E-state index in [9.17, 15) is 4.79 Å². The van der Waals surface area contributed by atoms with Crippen LogP contribution in [0.5, 0.6) is 0 Å². The van der Waals surface area contributed by atoms with Crippen molar-refractivity contribution in [1.29, 1.82) is 0 Å². The zero-order valence-corrected chi connectivity index (χ0v) is 21.4. The second-order valence-electron chi connectivity index (χ2n) is 11.3. The summed E-state index contributed by atoms with van der Waals surface area (Å²) < 4.78 is 18.9. The predicted octanol–water partition coefficient (Wildman–Crippen LogP) is 4.42. The van der Waals surface area contributed by atoms with E-state index >= 15 is 0 Å². The van der Waals surface area contributed by atoms with Gasteiger partial charge < -0.3 is 18.6 Å². The number of carbonyl (C=O) groups excluding carboxylic acids is 1. The van der Waals surface area contributed by atoms with Crippen molar-refractivity contribution in [2.24, 2.45) is 0 Å². The molecule has 2 saturated heterocycles. The maximum atomic E-state index is 12.8. The van der Waals surface area contributed by atoms with Crippen molar-refractivity contribution < 1.29 is 18.5 Å².